The summed E-state index contributed by atoms with van der Waals surface area (Å²) in [6, 6.07) is 7.57. The van der Waals surface area contributed by atoms with Crippen LogP contribution >= 0.6 is 0 Å². The molecule has 5 heteroatoms. The molecular formula is C16H15FO4. The topological polar surface area (TPSA) is 55.8 Å². The molecule has 0 aliphatic rings. The minimum atomic E-state index is -1.17. The second-order valence-corrected chi connectivity index (χ2v) is 4.51. The Labute approximate surface area is 121 Å². The van der Waals surface area contributed by atoms with Crippen LogP contribution in [0.25, 0.3) is 11.1 Å². The molecule has 0 heterocycles. The summed E-state index contributed by atoms with van der Waals surface area (Å²) in [5.41, 5.74) is 1.45. The van der Waals surface area contributed by atoms with Gasteiger partial charge in [0.1, 0.15) is 5.82 Å². The Morgan fingerprint density at radius 1 is 1.10 bits per heavy atom. The molecule has 0 saturated carbocycles. The monoisotopic (exact) mass is 290 g/mol. The smallest absolute Gasteiger partial charge is 0.335 e. The van der Waals surface area contributed by atoms with Gasteiger partial charge in [-0.2, -0.15) is 0 Å². The first kappa shape index (κ1) is 14.8. The van der Waals surface area contributed by atoms with Crippen LogP contribution in [0.3, 0.4) is 0 Å². The van der Waals surface area contributed by atoms with Gasteiger partial charge in [-0.05, 0) is 47.9 Å². The van der Waals surface area contributed by atoms with Crippen LogP contribution in [0, 0.1) is 12.7 Å². The molecule has 1 N–H and O–H groups in total. The van der Waals surface area contributed by atoms with Crippen LogP contribution in [0.15, 0.2) is 30.3 Å². The molecule has 0 amide bonds. The van der Waals surface area contributed by atoms with Crippen molar-refractivity contribution in [2.75, 3.05) is 14.2 Å². The zero-order valence-electron chi connectivity index (χ0n) is 11.9. The van der Waals surface area contributed by atoms with Gasteiger partial charge in [0.2, 0.25) is 0 Å². The van der Waals surface area contributed by atoms with Crippen molar-refractivity contribution >= 4 is 5.97 Å². The zero-order chi connectivity index (χ0) is 15.6. The average molecular weight is 290 g/mol. The SMILES string of the molecule is COc1ccc(-c2cc(C(=O)O)cc(F)c2C)cc1OC. The summed E-state index contributed by atoms with van der Waals surface area (Å²) >= 11 is 0. The van der Waals surface area contributed by atoms with Gasteiger partial charge in [0, 0.05) is 0 Å². The van der Waals surface area contributed by atoms with Crippen molar-refractivity contribution in [2.24, 2.45) is 0 Å². The van der Waals surface area contributed by atoms with Gasteiger partial charge in [0.25, 0.3) is 0 Å². The van der Waals surface area contributed by atoms with E-state index in [0.717, 1.165) is 6.07 Å². The maximum atomic E-state index is 13.9. The lowest BCUT2D eigenvalue weighted by Gasteiger charge is -2.12. The van der Waals surface area contributed by atoms with Crippen molar-refractivity contribution in [2.45, 2.75) is 6.92 Å². The van der Waals surface area contributed by atoms with Gasteiger partial charge < -0.3 is 14.6 Å². The van der Waals surface area contributed by atoms with Gasteiger partial charge in [0.15, 0.2) is 11.5 Å². The Morgan fingerprint density at radius 2 is 1.76 bits per heavy atom. The van der Waals surface area contributed by atoms with Crippen molar-refractivity contribution in [1.29, 1.82) is 0 Å². The Hall–Kier alpha value is -2.56. The molecule has 0 aromatic heterocycles. The summed E-state index contributed by atoms with van der Waals surface area (Å²) in [5, 5.41) is 9.04. The van der Waals surface area contributed by atoms with E-state index in [4.69, 9.17) is 14.6 Å². The maximum Gasteiger partial charge on any atom is 0.335 e. The molecule has 2 aromatic rings. The highest BCUT2D eigenvalue weighted by molar-refractivity contribution is 5.90. The Balaban J connectivity index is 2.63. The first-order valence-electron chi connectivity index (χ1n) is 6.23. The predicted molar refractivity (Wildman–Crippen MR) is 76.6 cm³/mol. The van der Waals surface area contributed by atoms with Crippen molar-refractivity contribution < 1.29 is 23.8 Å². The molecule has 110 valence electrons. The Bertz CT molecular complexity index is 695. The summed E-state index contributed by atoms with van der Waals surface area (Å²) in [5.74, 6) is -0.681. The number of methoxy groups -OCH3 is 2. The van der Waals surface area contributed by atoms with Crippen LogP contribution < -0.4 is 9.47 Å². The fraction of sp³-hybridized carbons (Fsp3) is 0.188. The van der Waals surface area contributed by atoms with Gasteiger partial charge in [-0.1, -0.05) is 6.07 Å². The first-order valence-corrected chi connectivity index (χ1v) is 6.23. The van der Waals surface area contributed by atoms with E-state index in [1.807, 2.05) is 0 Å². The lowest BCUT2D eigenvalue weighted by Crippen LogP contribution is -2.00. The summed E-state index contributed by atoms with van der Waals surface area (Å²) < 4.78 is 24.3. The fourth-order valence-electron chi connectivity index (χ4n) is 2.11. The van der Waals surface area contributed by atoms with E-state index in [2.05, 4.69) is 0 Å². The summed E-state index contributed by atoms with van der Waals surface area (Å²) in [4.78, 5) is 11.1. The third-order valence-corrected chi connectivity index (χ3v) is 3.29. The molecule has 2 aromatic carbocycles. The highest BCUT2D eigenvalue weighted by atomic mass is 19.1. The standard InChI is InChI=1S/C16H15FO4/c1-9-12(6-11(16(18)19)7-13(9)17)10-4-5-14(20-2)15(8-10)21-3/h4-8H,1-3H3,(H,18,19). The summed E-state index contributed by atoms with van der Waals surface area (Å²) in [6.45, 7) is 1.60. The fourth-order valence-corrected chi connectivity index (χ4v) is 2.11. The van der Waals surface area contributed by atoms with Crippen LogP contribution in [0.2, 0.25) is 0 Å². The van der Waals surface area contributed by atoms with Crippen molar-refractivity contribution in [3.05, 3.63) is 47.3 Å². The van der Waals surface area contributed by atoms with E-state index in [1.165, 1.54) is 20.3 Å². The number of ether oxygens (including phenoxy) is 2. The van der Waals surface area contributed by atoms with Crippen LogP contribution in [-0.2, 0) is 0 Å². The first-order chi connectivity index (χ1) is 9.97. The normalized spacial score (nSPS) is 10.3. The summed E-state index contributed by atoms with van der Waals surface area (Å²) in [7, 11) is 3.02. The van der Waals surface area contributed by atoms with E-state index >= 15 is 0 Å². The number of halogens is 1. The van der Waals surface area contributed by atoms with Crippen molar-refractivity contribution in [1.82, 2.24) is 0 Å². The van der Waals surface area contributed by atoms with Gasteiger partial charge in [-0.3, -0.25) is 0 Å². The molecule has 0 radical (unpaired) electrons. The van der Waals surface area contributed by atoms with Crippen LogP contribution in [0.1, 0.15) is 15.9 Å². The van der Waals surface area contributed by atoms with E-state index in [1.54, 1.807) is 25.1 Å². The van der Waals surface area contributed by atoms with Crippen LogP contribution in [-0.4, -0.2) is 25.3 Å². The second-order valence-electron chi connectivity index (χ2n) is 4.51. The van der Waals surface area contributed by atoms with Crippen LogP contribution in [0.5, 0.6) is 11.5 Å². The average Bonchev–Trinajstić information content (AvgIpc) is 2.48. The molecule has 0 aliphatic heterocycles. The minimum absolute atomic E-state index is 0.0946. The number of aromatic carboxylic acids is 1. The quantitative estimate of drug-likeness (QED) is 0.936. The van der Waals surface area contributed by atoms with Gasteiger partial charge in [-0.15, -0.1) is 0 Å². The third kappa shape index (κ3) is 2.81. The third-order valence-electron chi connectivity index (χ3n) is 3.29. The number of hydrogen-bond acceptors (Lipinski definition) is 3. The molecule has 21 heavy (non-hydrogen) atoms. The molecule has 2 rings (SSSR count). The minimum Gasteiger partial charge on any atom is -0.493 e. The lowest BCUT2D eigenvalue weighted by molar-refractivity contribution is 0.0696. The number of rotatable bonds is 4. The molecule has 0 unspecified atom stereocenters. The van der Waals surface area contributed by atoms with Crippen LogP contribution in [0.4, 0.5) is 4.39 Å². The van der Waals surface area contributed by atoms with Gasteiger partial charge >= 0.3 is 5.97 Å². The van der Waals surface area contributed by atoms with Gasteiger partial charge in [0.05, 0.1) is 19.8 Å². The number of carbonyl (C=O) groups is 1. The molecule has 0 spiro atoms. The highest BCUT2D eigenvalue weighted by Gasteiger charge is 2.14. The molecule has 0 fully saturated rings. The number of hydrogen-bond donors (Lipinski definition) is 1. The number of carboxylic acid groups (broad SMARTS) is 1. The maximum absolute atomic E-state index is 13.9. The predicted octanol–water partition coefficient (Wildman–Crippen LogP) is 3.52. The molecule has 0 atom stereocenters. The van der Waals surface area contributed by atoms with E-state index < -0.39 is 11.8 Å². The number of carboxylic acids is 1. The molecule has 4 nitrogen and oxygen atoms in total. The van der Waals surface area contributed by atoms with E-state index in [9.17, 15) is 9.18 Å². The molecular weight excluding hydrogens is 275 g/mol. The largest absolute Gasteiger partial charge is 0.493 e. The van der Waals surface area contributed by atoms with Crippen molar-refractivity contribution in [3.63, 3.8) is 0 Å². The lowest BCUT2D eigenvalue weighted by atomic mass is 9.97. The zero-order valence-corrected chi connectivity index (χ0v) is 11.9. The van der Waals surface area contributed by atoms with Gasteiger partial charge in [-0.25, -0.2) is 9.18 Å². The molecule has 0 saturated heterocycles. The summed E-state index contributed by atoms with van der Waals surface area (Å²) in [6.07, 6.45) is 0. The Kier molecular flexibility index (Phi) is 4.12. The molecule has 0 bridgehead atoms. The van der Waals surface area contributed by atoms with E-state index in [0.29, 0.717) is 28.2 Å². The number of benzene rings is 2. The van der Waals surface area contributed by atoms with Crippen molar-refractivity contribution in [3.8, 4) is 22.6 Å². The molecule has 0 aliphatic carbocycles. The Morgan fingerprint density at radius 3 is 2.33 bits per heavy atom. The van der Waals surface area contributed by atoms with E-state index in [-0.39, 0.29) is 5.56 Å². The highest BCUT2D eigenvalue weighted by Crippen LogP contribution is 2.34. The second kappa shape index (κ2) is 5.83.